The molecule has 3 N–H and O–H groups in total. The number of piperidine rings is 1. The number of benzene rings is 2. The molecule has 5 rings (SSSR count). The molecule has 2 aliphatic rings. The minimum absolute atomic E-state index is 0.0950. The van der Waals surface area contributed by atoms with Gasteiger partial charge in [-0.05, 0) is 61.4 Å². The number of hydrogen-bond donors (Lipinski definition) is 2. The molecule has 0 bridgehead atoms. The number of thiophene rings is 1. The SMILES string of the molecule is NC(=O)C1(C2CCCCC2)CCN(C(=O)c2sc(-c3ccc(Cl)cc3Cl)c(-c3ccc(Cl)cc3)c2O)CC1. The number of rotatable bonds is 5. The smallest absolute Gasteiger partial charge is 0.267 e. The first-order chi connectivity index (χ1) is 18.2. The van der Waals surface area contributed by atoms with Crippen LogP contribution in [0.5, 0.6) is 5.75 Å². The molecule has 2 amide bonds. The van der Waals surface area contributed by atoms with Gasteiger partial charge >= 0.3 is 0 Å². The maximum atomic E-state index is 13.8. The molecule has 200 valence electrons. The van der Waals surface area contributed by atoms with Crippen LogP contribution in [0.3, 0.4) is 0 Å². The number of nitrogens with zero attached hydrogens (tertiary/aromatic N) is 1. The Bertz CT molecular complexity index is 1360. The van der Waals surface area contributed by atoms with E-state index in [9.17, 15) is 14.7 Å². The average Bonchev–Trinajstić information content (AvgIpc) is 3.25. The van der Waals surface area contributed by atoms with Crippen LogP contribution in [-0.2, 0) is 4.79 Å². The fraction of sp³-hybridized carbons (Fsp3) is 0.379. The van der Waals surface area contributed by atoms with Gasteiger partial charge in [0.1, 0.15) is 10.6 Å². The quantitative estimate of drug-likeness (QED) is 0.315. The highest BCUT2D eigenvalue weighted by Gasteiger charge is 2.47. The van der Waals surface area contributed by atoms with E-state index in [4.69, 9.17) is 40.5 Å². The molecule has 2 fully saturated rings. The summed E-state index contributed by atoms with van der Waals surface area (Å²) in [4.78, 5) is 29.1. The summed E-state index contributed by atoms with van der Waals surface area (Å²) in [5.41, 5.74) is 7.30. The Morgan fingerprint density at radius 3 is 2.18 bits per heavy atom. The molecule has 3 aromatic rings. The third-order valence-electron chi connectivity index (χ3n) is 8.21. The number of likely N-dealkylation sites (tertiary alicyclic amines) is 1. The number of aromatic hydroxyl groups is 1. The second-order valence-corrected chi connectivity index (χ2v) is 12.6. The van der Waals surface area contributed by atoms with Gasteiger partial charge in [0.25, 0.3) is 5.91 Å². The molecular formula is C29H29Cl3N2O3S. The van der Waals surface area contributed by atoms with Crippen LogP contribution in [0.15, 0.2) is 42.5 Å². The molecule has 5 nitrogen and oxygen atoms in total. The van der Waals surface area contributed by atoms with Crippen LogP contribution >= 0.6 is 46.1 Å². The fourth-order valence-corrected chi connectivity index (χ4v) is 7.99. The van der Waals surface area contributed by atoms with E-state index in [2.05, 4.69) is 0 Å². The average molecular weight is 592 g/mol. The number of amides is 2. The summed E-state index contributed by atoms with van der Waals surface area (Å²) >= 11 is 20.0. The Balaban J connectivity index is 1.49. The summed E-state index contributed by atoms with van der Waals surface area (Å²) < 4.78 is 0. The monoisotopic (exact) mass is 590 g/mol. The predicted octanol–water partition coefficient (Wildman–Crippen LogP) is 8.04. The highest BCUT2D eigenvalue weighted by Crippen LogP contribution is 2.51. The van der Waals surface area contributed by atoms with Gasteiger partial charge in [-0.1, -0.05) is 72.3 Å². The molecule has 2 heterocycles. The van der Waals surface area contributed by atoms with Crippen LogP contribution in [0.1, 0.15) is 54.6 Å². The molecule has 38 heavy (non-hydrogen) atoms. The van der Waals surface area contributed by atoms with Crippen LogP contribution in [-0.4, -0.2) is 34.9 Å². The van der Waals surface area contributed by atoms with E-state index in [-0.39, 0.29) is 28.4 Å². The second kappa shape index (κ2) is 11.1. The Morgan fingerprint density at radius 2 is 1.58 bits per heavy atom. The number of halogens is 3. The van der Waals surface area contributed by atoms with Crippen molar-refractivity contribution in [2.45, 2.75) is 44.9 Å². The summed E-state index contributed by atoms with van der Waals surface area (Å²) in [6.07, 6.45) is 6.56. The van der Waals surface area contributed by atoms with E-state index in [1.807, 2.05) is 0 Å². The molecule has 2 aromatic carbocycles. The molecule has 9 heteroatoms. The van der Waals surface area contributed by atoms with Gasteiger partial charge in [0, 0.05) is 39.1 Å². The molecule has 1 saturated heterocycles. The Morgan fingerprint density at radius 1 is 0.947 bits per heavy atom. The molecule has 0 unspecified atom stereocenters. The maximum absolute atomic E-state index is 13.8. The highest BCUT2D eigenvalue weighted by molar-refractivity contribution is 7.18. The van der Waals surface area contributed by atoms with Gasteiger partial charge in [-0.25, -0.2) is 0 Å². The van der Waals surface area contributed by atoms with Gasteiger partial charge in [-0.2, -0.15) is 0 Å². The number of nitrogens with two attached hydrogens (primary N) is 1. The minimum Gasteiger partial charge on any atom is -0.506 e. The van der Waals surface area contributed by atoms with Gasteiger partial charge in [0.2, 0.25) is 5.91 Å². The number of primary amides is 1. The third kappa shape index (κ3) is 5.04. The molecule has 1 aliphatic heterocycles. The van der Waals surface area contributed by atoms with Crippen LogP contribution in [0, 0.1) is 11.3 Å². The largest absolute Gasteiger partial charge is 0.506 e. The lowest BCUT2D eigenvalue weighted by Gasteiger charge is -2.45. The maximum Gasteiger partial charge on any atom is 0.267 e. The zero-order valence-electron chi connectivity index (χ0n) is 20.8. The van der Waals surface area contributed by atoms with Gasteiger partial charge < -0.3 is 15.7 Å². The van der Waals surface area contributed by atoms with Crippen LogP contribution < -0.4 is 5.73 Å². The fourth-order valence-electron chi connectivity index (χ4n) is 6.08. The predicted molar refractivity (Wildman–Crippen MR) is 155 cm³/mol. The van der Waals surface area contributed by atoms with E-state index in [1.165, 1.54) is 17.8 Å². The van der Waals surface area contributed by atoms with Gasteiger partial charge in [0.15, 0.2) is 0 Å². The summed E-state index contributed by atoms with van der Waals surface area (Å²) in [5, 5.41) is 12.9. The first-order valence-electron chi connectivity index (χ1n) is 12.9. The lowest BCUT2D eigenvalue weighted by atomic mass is 9.63. The summed E-state index contributed by atoms with van der Waals surface area (Å²) in [6.45, 7) is 0.839. The van der Waals surface area contributed by atoms with E-state index in [0.29, 0.717) is 62.6 Å². The van der Waals surface area contributed by atoms with Crippen molar-refractivity contribution in [3.63, 3.8) is 0 Å². The zero-order chi connectivity index (χ0) is 27.0. The lowest BCUT2D eigenvalue weighted by Crippen LogP contribution is -2.52. The molecule has 1 saturated carbocycles. The molecular weight excluding hydrogens is 563 g/mol. The minimum atomic E-state index is -0.564. The summed E-state index contributed by atoms with van der Waals surface area (Å²) in [5.74, 6) is -0.334. The summed E-state index contributed by atoms with van der Waals surface area (Å²) in [6, 6.07) is 12.2. The molecule has 1 aromatic heterocycles. The van der Waals surface area contributed by atoms with Gasteiger partial charge in [-0.15, -0.1) is 11.3 Å². The molecule has 0 spiro atoms. The Kier molecular flexibility index (Phi) is 7.97. The van der Waals surface area contributed by atoms with E-state index in [1.54, 1.807) is 47.4 Å². The van der Waals surface area contributed by atoms with Crippen LogP contribution in [0.25, 0.3) is 21.6 Å². The topological polar surface area (TPSA) is 83.6 Å². The third-order valence-corrected chi connectivity index (χ3v) is 10.2. The lowest BCUT2D eigenvalue weighted by molar-refractivity contribution is -0.135. The number of carbonyl (C=O) groups is 2. The first kappa shape index (κ1) is 27.3. The molecule has 1 aliphatic carbocycles. The Hall–Kier alpha value is -2.25. The van der Waals surface area contributed by atoms with Gasteiger partial charge in [-0.3, -0.25) is 9.59 Å². The zero-order valence-corrected chi connectivity index (χ0v) is 23.9. The van der Waals surface area contributed by atoms with Crippen LogP contribution in [0.4, 0.5) is 0 Å². The highest BCUT2D eigenvalue weighted by atomic mass is 35.5. The van der Waals surface area contributed by atoms with Crippen molar-refractivity contribution in [3.8, 4) is 27.3 Å². The second-order valence-electron chi connectivity index (χ2n) is 10.3. The van der Waals surface area contributed by atoms with Crippen molar-refractivity contribution in [1.29, 1.82) is 0 Å². The van der Waals surface area contributed by atoms with E-state index in [0.717, 1.165) is 25.7 Å². The van der Waals surface area contributed by atoms with Crippen LogP contribution in [0.2, 0.25) is 15.1 Å². The van der Waals surface area contributed by atoms with Crippen molar-refractivity contribution in [3.05, 3.63) is 62.4 Å². The number of carbonyl (C=O) groups excluding carboxylic acids is 2. The molecule has 0 radical (unpaired) electrons. The molecule has 0 atom stereocenters. The normalized spacial score (nSPS) is 17.9. The van der Waals surface area contributed by atoms with Crippen molar-refractivity contribution in [2.75, 3.05) is 13.1 Å². The van der Waals surface area contributed by atoms with E-state index >= 15 is 0 Å². The van der Waals surface area contributed by atoms with Gasteiger partial charge in [0.05, 0.1) is 10.4 Å². The van der Waals surface area contributed by atoms with Crippen molar-refractivity contribution in [2.24, 2.45) is 17.1 Å². The summed E-state index contributed by atoms with van der Waals surface area (Å²) in [7, 11) is 0. The van der Waals surface area contributed by atoms with Crippen molar-refractivity contribution < 1.29 is 14.7 Å². The standard InChI is InChI=1S/C29H29Cl3N2O3S/c30-19-8-6-17(7-9-19)23-24(35)26(38-25(23)21-11-10-20(31)16-22(21)32)27(36)34-14-12-29(13-15-34,28(33)37)18-4-2-1-3-5-18/h6-11,16,18,35H,1-5,12-15H2,(H2,33,37). The van der Waals surface area contributed by atoms with Crippen molar-refractivity contribution >= 4 is 58.0 Å². The van der Waals surface area contributed by atoms with Crippen molar-refractivity contribution in [1.82, 2.24) is 4.90 Å². The first-order valence-corrected chi connectivity index (χ1v) is 14.8. The number of hydrogen-bond acceptors (Lipinski definition) is 4. The Labute approximate surface area is 241 Å². The van der Waals surface area contributed by atoms with E-state index < -0.39 is 5.41 Å².